The average molecular weight is 279 g/mol. The first kappa shape index (κ1) is 13.7. The minimum Gasteiger partial charge on any atom is -0.356 e. The van der Waals surface area contributed by atoms with Crippen LogP contribution in [-0.4, -0.2) is 16.1 Å². The Balaban J connectivity index is 1.63. The van der Waals surface area contributed by atoms with Crippen LogP contribution < -0.4 is 5.32 Å². The molecular weight excluding hydrogens is 258 g/mol. The first-order valence-electron chi connectivity index (χ1n) is 7.46. The van der Waals surface area contributed by atoms with Gasteiger partial charge >= 0.3 is 0 Å². The zero-order valence-corrected chi connectivity index (χ0v) is 12.6. The fourth-order valence-electron chi connectivity index (χ4n) is 2.65. The zero-order chi connectivity index (χ0) is 14.7. The molecule has 0 fully saturated rings. The molecule has 0 amide bonds. The van der Waals surface area contributed by atoms with Gasteiger partial charge in [-0.25, -0.2) is 4.98 Å². The molecule has 21 heavy (non-hydrogen) atoms. The molecule has 3 nitrogen and oxygen atoms in total. The number of hydrogen-bond acceptors (Lipinski definition) is 2. The maximum atomic E-state index is 4.63. The third-order valence-corrected chi connectivity index (χ3v) is 4.02. The van der Waals surface area contributed by atoms with Crippen molar-refractivity contribution in [2.45, 2.75) is 19.3 Å². The molecule has 3 heteroatoms. The number of anilines is 1. The molecule has 3 rings (SSSR count). The summed E-state index contributed by atoms with van der Waals surface area (Å²) in [5.41, 5.74) is 3.60. The number of aryl methyl sites for hydroxylation is 1. The number of hydrogen-bond donors (Lipinski definition) is 1. The number of nitrogens with zero attached hydrogens (tertiary/aromatic N) is 2. The lowest BCUT2D eigenvalue weighted by molar-refractivity contribution is 0.701. The molecule has 1 atom stereocenters. The molecule has 108 valence electrons. The van der Waals surface area contributed by atoms with Gasteiger partial charge in [0.1, 0.15) is 0 Å². The Morgan fingerprint density at radius 3 is 2.52 bits per heavy atom. The van der Waals surface area contributed by atoms with Crippen molar-refractivity contribution in [3.63, 3.8) is 0 Å². The van der Waals surface area contributed by atoms with E-state index in [1.54, 1.807) is 0 Å². The molecular formula is C18H21N3. The highest BCUT2D eigenvalue weighted by molar-refractivity contribution is 5.78. The molecule has 0 saturated heterocycles. The van der Waals surface area contributed by atoms with Crippen LogP contribution >= 0.6 is 0 Å². The minimum atomic E-state index is 0.549. The Morgan fingerprint density at radius 1 is 1.05 bits per heavy atom. The Morgan fingerprint density at radius 2 is 1.76 bits per heavy atom. The van der Waals surface area contributed by atoms with E-state index in [1.807, 2.05) is 18.2 Å². The van der Waals surface area contributed by atoms with E-state index in [-0.39, 0.29) is 0 Å². The molecule has 1 N–H and O–H groups in total. The number of aromatic nitrogens is 2. The summed E-state index contributed by atoms with van der Waals surface area (Å²) in [5, 5.41) is 3.45. The lowest BCUT2D eigenvalue weighted by Crippen LogP contribution is -2.09. The van der Waals surface area contributed by atoms with E-state index in [2.05, 4.69) is 65.2 Å². The second-order valence-corrected chi connectivity index (χ2v) is 5.51. The zero-order valence-electron chi connectivity index (χ0n) is 12.6. The van der Waals surface area contributed by atoms with Gasteiger partial charge < -0.3 is 9.88 Å². The number of nitrogens with one attached hydrogen (secondary N) is 1. The molecule has 2 aromatic carbocycles. The van der Waals surface area contributed by atoms with Crippen LogP contribution in [0.15, 0.2) is 54.6 Å². The van der Waals surface area contributed by atoms with Gasteiger partial charge in [-0.2, -0.15) is 0 Å². The Hall–Kier alpha value is -2.29. The summed E-state index contributed by atoms with van der Waals surface area (Å²) in [4.78, 5) is 4.63. The van der Waals surface area contributed by atoms with Gasteiger partial charge in [-0.15, -0.1) is 0 Å². The van der Waals surface area contributed by atoms with Gasteiger partial charge in [0.2, 0.25) is 5.95 Å². The number of para-hydroxylation sites is 2. The number of benzene rings is 2. The maximum Gasteiger partial charge on any atom is 0.203 e. The van der Waals surface area contributed by atoms with Crippen molar-refractivity contribution in [1.82, 2.24) is 9.55 Å². The van der Waals surface area contributed by atoms with Crippen LogP contribution in [0.1, 0.15) is 24.8 Å². The summed E-state index contributed by atoms with van der Waals surface area (Å²) < 4.78 is 2.11. The summed E-state index contributed by atoms with van der Waals surface area (Å²) in [6.45, 7) is 3.19. The van der Waals surface area contributed by atoms with E-state index < -0.39 is 0 Å². The number of imidazole rings is 1. The van der Waals surface area contributed by atoms with Gasteiger partial charge in [0.05, 0.1) is 11.0 Å². The number of fused-ring (bicyclic) bond motifs is 1. The molecule has 0 bridgehead atoms. The van der Waals surface area contributed by atoms with Crippen molar-refractivity contribution >= 4 is 17.0 Å². The fourth-order valence-corrected chi connectivity index (χ4v) is 2.65. The van der Waals surface area contributed by atoms with Crippen LogP contribution in [0.3, 0.4) is 0 Å². The van der Waals surface area contributed by atoms with Gasteiger partial charge in [-0.05, 0) is 30.0 Å². The van der Waals surface area contributed by atoms with Gasteiger partial charge in [0.25, 0.3) is 0 Å². The second kappa shape index (κ2) is 6.00. The highest BCUT2D eigenvalue weighted by Gasteiger charge is 2.08. The van der Waals surface area contributed by atoms with Crippen molar-refractivity contribution in [3.8, 4) is 0 Å². The highest BCUT2D eigenvalue weighted by Crippen LogP contribution is 2.20. The highest BCUT2D eigenvalue weighted by atomic mass is 15.2. The quantitative estimate of drug-likeness (QED) is 0.759. The smallest absolute Gasteiger partial charge is 0.203 e. The Kier molecular flexibility index (Phi) is 3.91. The van der Waals surface area contributed by atoms with Crippen molar-refractivity contribution in [1.29, 1.82) is 0 Å². The van der Waals surface area contributed by atoms with Crippen molar-refractivity contribution in [3.05, 3.63) is 60.2 Å². The molecule has 0 aliphatic carbocycles. The van der Waals surface area contributed by atoms with Crippen molar-refractivity contribution < 1.29 is 0 Å². The van der Waals surface area contributed by atoms with Crippen molar-refractivity contribution in [2.24, 2.45) is 7.05 Å². The first-order valence-corrected chi connectivity index (χ1v) is 7.46. The standard InChI is InChI=1S/C18H21N3/c1-14(15-8-4-3-5-9-15)12-13-19-18-20-16-10-6-7-11-17(16)21(18)2/h3-11,14H,12-13H2,1-2H3,(H,19,20). The van der Waals surface area contributed by atoms with Crippen molar-refractivity contribution in [2.75, 3.05) is 11.9 Å². The van der Waals surface area contributed by atoms with Crippen LogP contribution in [0.2, 0.25) is 0 Å². The Labute approximate surface area is 125 Å². The van der Waals surface area contributed by atoms with E-state index >= 15 is 0 Å². The number of rotatable bonds is 5. The largest absolute Gasteiger partial charge is 0.356 e. The SMILES string of the molecule is CC(CCNc1nc2ccccc2n1C)c1ccccc1. The molecule has 1 heterocycles. The summed E-state index contributed by atoms with van der Waals surface area (Å²) in [6, 6.07) is 18.9. The Bertz CT molecular complexity index is 716. The fraction of sp³-hybridized carbons (Fsp3) is 0.278. The molecule has 0 radical (unpaired) electrons. The van der Waals surface area contributed by atoms with E-state index in [4.69, 9.17) is 0 Å². The predicted octanol–water partition coefficient (Wildman–Crippen LogP) is 4.18. The molecule has 3 aromatic rings. The average Bonchev–Trinajstić information content (AvgIpc) is 2.85. The van der Waals surface area contributed by atoms with Crippen LogP contribution in [0.25, 0.3) is 11.0 Å². The van der Waals surface area contributed by atoms with Gasteiger partial charge in [0, 0.05) is 13.6 Å². The molecule has 0 aliphatic rings. The lowest BCUT2D eigenvalue weighted by atomic mass is 9.98. The topological polar surface area (TPSA) is 29.9 Å². The van der Waals surface area contributed by atoms with Gasteiger partial charge in [-0.3, -0.25) is 0 Å². The van der Waals surface area contributed by atoms with Crippen LogP contribution in [0.4, 0.5) is 5.95 Å². The molecule has 1 aromatic heterocycles. The van der Waals surface area contributed by atoms with Crippen LogP contribution in [0, 0.1) is 0 Å². The van der Waals surface area contributed by atoms with Gasteiger partial charge in [0.15, 0.2) is 0 Å². The summed E-state index contributed by atoms with van der Waals surface area (Å²) in [6.07, 6.45) is 1.09. The van der Waals surface area contributed by atoms with E-state index in [9.17, 15) is 0 Å². The maximum absolute atomic E-state index is 4.63. The van der Waals surface area contributed by atoms with Crippen LogP contribution in [-0.2, 0) is 7.05 Å². The molecule has 0 aliphatic heterocycles. The second-order valence-electron chi connectivity index (χ2n) is 5.51. The van der Waals surface area contributed by atoms with Crippen LogP contribution in [0.5, 0.6) is 0 Å². The summed E-state index contributed by atoms with van der Waals surface area (Å²) in [7, 11) is 2.05. The van der Waals surface area contributed by atoms with Gasteiger partial charge in [-0.1, -0.05) is 49.4 Å². The third kappa shape index (κ3) is 2.92. The van der Waals surface area contributed by atoms with E-state index in [0.29, 0.717) is 5.92 Å². The summed E-state index contributed by atoms with van der Waals surface area (Å²) >= 11 is 0. The lowest BCUT2D eigenvalue weighted by Gasteiger charge is -2.12. The van der Waals surface area contributed by atoms with E-state index in [0.717, 1.165) is 29.9 Å². The molecule has 1 unspecified atom stereocenters. The molecule has 0 spiro atoms. The monoisotopic (exact) mass is 279 g/mol. The minimum absolute atomic E-state index is 0.549. The first-order chi connectivity index (χ1) is 10.3. The predicted molar refractivity (Wildman–Crippen MR) is 88.7 cm³/mol. The van der Waals surface area contributed by atoms with E-state index in [1.165, 1.54) is 5.56 Å². The normalized spacial score (nSPS) is 12.5. The molecule has 0 saturated carbocycles. The summed E-state index contributed by atoms with van der Waals surface area (Å²) in [5.74, 6) is 1.49. The third-order valence-electron chi connectivity index (χ3n) is 4.02.